The van der Waals surface area contributed by atoms with E-state index < -0.39 is 0 Å². The molecule has 0 aliphatic carbocycles. The van der Waals surface area contributed by atoms with Gasteiger partial charge in [-0.05, 0) is 37.2 Å². The summed E-state index contributed by atoms with van der Waals surface area (Å²) in [4.78, 5) is 4.26. The van der Waals surface area contributed by atoms with Crippen molar-refractivity contribution in [3.05, 3.63) is 59.5 Å². The van der Waals surface area contributed by atoms with E-state index in [4.69, 9.17) is 10.2 Å². The minimum atomic E-state index is -0.0881. The predicted molar refractivity (Wildman–Crippen MR) is 85.1 cm³/mol. The van der Waals surface area contributed by atoms with Crippen LogP contribution >= 0.6 is 0 Å². The fourth-order valence-corrected chi connectivity index (χ4v) is 2.55. The summed E-state index contributed by atoms with van der Waals surface area (Å²) < 4.78 is 5.99. The van der Waals surface area contributed by atoms with E-state index in [2.05, 4.69) is 29.4 Å². The molecule has 3 aromatic rings. The average Bonchev–Trinajstić information content (AvgIpc) is 2.91. The monoisotopic (exact) mass is 281 g/mol. The van der Waals surface area contributed by atoms with Crippen LogP contribution in [0.5, 0.6) is 0 Å². The second-order valence-corrected chi connectivity index (χ2v) is 5.16. The van der Waals surface area contributed by atoms with E-state index >= 15 is 0 Å². The number of para-hydroxylation sites is 1. The molecular formula is C17H19N3O. The third-order valence-electron chi connectivity index (χ3n) is 3.53. The zero-order chi connectivity index (χ0) is 14.8. The summed E-state index contributed by atoms with van der Waals surface area (Å²) in [7, 11) is 0. The number of fused-ring (bicyclic) bond motifs is 1. The van der Waals surface area contributed by atoms with Gasteiger partial charge in [0, 0.05) is 17.1 Å². The lowest BCUT2D eigenvalue weighted by molar-refractivity contribution is 0.477. The summed E-state index contributed by atoms with van der Waals surface area (Å²) in [5.41, 5.74) is 8.98. The number of nitrogens with two attached hydrogens (primary N) is 1. The lowest BCUT2D eigenvalue weighted by Crippen LogP contribution is -2.23. The van der Waals surface area contributed by atoms with Crippen LogP contribution in [0.15, 0.2) is 47.0 Å². The van der Waals surface area contributed by atoms with Crippen LogP contribution < -0.4 is 11.1 Å². The number of nitrogen functional groups attached to an aromatic ring is 1. The largest absolute Gasteiger partial charge is 0.459 e. The topological polar surface area (TPSA) is 64.1 Å². The molecule has 0 radical (unpaired) electrons. The molecule has 108 valence electrons. The molecule has 0 bridgehead atoms. The van der Waals surface area contributed by atoms with E-state index in [0.29, 0.717) is 5.82 Å². The molecule has 2 aromatic heterocycles. The van der Waals surface area contributed by atoms with Crippen molar-refractivity contribution in [2.45, 2.75) is 19.9 Å². The van der Waals surface area contributed by atoms with Gasteiger partial charge in [0.05, 0.1) is 6.04 Å². The Labute approximate surface area is 124 Å². The standard InChI is InChI=1S/C17H19N3O/c1-3-19-16(13-8-11(2)10-20-17(13)18)15-9-12-6-4-5-7-14(12)21-15/h4-10,16,19H,3H2,1-2H3,(H2,18,20). The average molecular weight is 281 g/mol. The van der Waals surface area contributed by atoms with Crippen LogP contribution in [0.2, 0.25) is 0 Å². The maximum atomic E-state index is 6.06. The fourth-order valence-electron chi connectivity index (χ4n) is 2.55. The highest BCUT2D eigenvalue weighted by Crippen LogP contribution is 2.30. The quantitative estimate of drug-likeness (QED) is 0.769. The highest BCUT2D eigenvalue weighted by molar-refractivity contribution is 5.78. The van der Waals surface area contributed by atoms with Crippen molar-refractivity contribution >= 4 is 16.8 Å². The summed E-state index contributed by atoms with van der Waals surface area (Å²) in [6.45, 7) is 4.89. The molecule has 0 aliphatic rings. The van der Waals surface area contributed by atoms with Crippen LogP contribution in [0.4, 0.5) is 5.82 Å². The van der Waals surface area contributed by atoms with Crippen molar-refractivity contribution < 1.29 is 4.42 Å². The van der Waals surface area contributed by atoms with Crippen molar-refractivity contribution in [2.75, 3.05) is 12.3 Å². The van der Waals surface area contributed by atoms with Gasteiger partial charge < -0.3 is 15.5 Å². The van der Waals surface area contributed by atoms with Gasteiger partial charge in [0.2, 0.25) is 0 Å². The van der Waals surface area contributed by atoms with Crippen LogP contribution in [0, 0.1) is 6.92 Å². The Morgan fingerprint density at radius 1 is 1.29 bits per heavy atom. The number of furan rings is 1. The van der Waals surface area contributed by atoms with Gasteiger partial charge in [0.15, 0.2) is 0 Å². The molecule has 0 saturated carbocycles. The number of benzene rings is 1. The molecule has 4 heteroatoms. The highest BCUT2D eigenvalue weighted by Gasteiger charge is 2.20. The fraction of sp³-hybridized carbons (Fsp3) is 0.235. The molecule has 21 heavy (non-hydrogen) atoms. The number of nitrogens with one attached hydrogen (secondary N) is 1. The maximum Gasteiger partial charge on any atom is 0.134 e. The Hall–Kier alpha value is -2.33. The lowest BCUT2D eigenvalue weighted by atomic mass is 10.0. The first-order valence-electron chi connectivity index (χ1n) is 7.13. The van der Waals surface area contributed by atoms with Crippen LogP contribution in [-0.4, -0.2) is 11.5 Å². The summed E-state index contributed by atoms with van der Waals surface area (Å²) in [5.74, 6) is 1.39. The normalized spacial score (nSPS) is 12.7. The molecule has 0 amide bonds. The van der Waals surface area contributed by atoms with Crippen molar-refractivity contribution in [1.29, 1.82) is 0 Å². The molecule has 3 rings (SSSR count). The number of aromatic nitrogens is 1. The Morgan fingerprint density at radius 3 is 2.86 bits per heavy atom. The second-order valence-electron chi connectivity index (χ2n) is 5.16. The van der Waals surface area contributed by atoms with Gasteiger partial charge in [-0.2, -0.15) is 0 Å². The van der Waals surface area contributed by atoms with E-state index in [9.17, 15) is 0 Å². The Balaban J connectivity index is 2.10. The molecule has 1 unspecified atom stereocenters. The number of hydrogen-bond acceptors (Lipinski definition) is 4. The third-order valence-corrected chi connectivity index (χ3v) is 3.53. The SMILES string of the molecule is CCNC(c1cc2ccccc2o1)c1cc(C)cnc1N. The van der Waals surface area contributed by atoms with Crippen LogP contribution in [0.1, 0.15) is 29.9 Å². The smallest absolute Gasteiger partial charge is 0.134 e. The molecule has 1 atom stereocenters. The molecule has 0 saturated heterocycles. The van der Waals surface area contributed by atoms with Crippen LogP contribution in [0.3, 0.4) is 0 Å². The molecule has 0 fully saturated rings. The van der Waals surface area contributed by atoms with Gasteiger partial charge in [-0.3, -0.25) is 0 Å². The van der Waals surface area contributed by atoms with Crippen molar-refractivity contribution in [1.82, 2.24) is 10.3 Å². The van der Waals surface area contributed by atoms with E-state index in [1.807, 2.05) is 31.2 Å². The first-order chi connectivity index (χ1) is 10.2. The summed E-state index contributed by atoms with van der Waals surface area (Å²) in [5, 5.41) is 4.52. The van der Waals surface area contributed by atoms with E-state index in [1.165, 1.54) is 0 Å². The number of anilines is 1. The zero-order valence-electron chi connectivity index (χ0n) is 12.3. The van der Waals surface area contributed by atoms with E-state index in [-0.39, 0.29) is 6.04 Å². The number of rotatable bonds is 4. The van der Waals surface area contributed by atoms with Crippen molar-refractivity contribution in [2.24, 2.45) is 0 Å². The van der Waals surface area contributed by atoms with Crippen molar-refractivity contribution in [3.63, 3.8) is 0 Å². The van der Waals surface area contributed by atoms with Crippen molar-refractivity contribution in [3.8, 4) is 0 Å². The molecular weight excluding hydrogens is 262 g/mol. The molecule has 3 N–H and O–H groups in total. The minimum absolute atomic E-state index is 0.0881. The number of aryl methyl sites for hydroxylation is 1. The highest BCUT2D eigenvalue weighted by atomic mass is 16.3. The lowest BCUT2D eigenvalue weighted by Gasteiger charge is -2.17. The third kappa shape index (κ3) is 2.62. The van der Waals surface area contributed by atoms with Gasteiger partial charge in [0.1, 0.15) is 17.2 Å². The predicted octanol–water partition coefficient (Wildman–Crippen LogP) is 3.42. The van der Waals surface area contributed by atoms with Gasteiger partial charge in [-0.1, -0.05) is 25.1 Å². The van der Waals surface area contributed by atoms with E-state index in [0.717, 1.165) is 34.4 Å². The Kier molecular flexibility index (Phi) is 3.62. The second kappa shape index (κ2) is 5.58. The summed E-state index contributed by atoms with van der Waals surface area (Å²) >= 11 is 0. The van der Waals surface area contributed by atoms with Crippen LogP contribution in [0.25, 0.3) is 11.0 Å². The number of pyridine rings is 1. The first kappa shape index (κ1) is 13.6. The zero-order valence-corrected chi connectivity index (χ0v) is 12.3. The molecule has 0 spiro atoms. The first-order valence-corrected chi connectivity index (χ1v) is 7.13. The van der Waals surface area contributed by atoms with Gasteiger partial charge >= 0.3 is 0 Å². The maximum absolute atomic E-state index is 6.06. The van der Waals surface area contributed by atoms with Crippen LogP contribution in [-0.2, 0) is 0 Å². The summed E-state index contributed by atoms with van der Waals surface area (Å²) in [6, 6.07) is 12.0. The molecule has 2 heterocycles. The van der Waals surface area contributed by atoms with Gasteiger partial charge in [0.25, 0.3) is 0 Å². The minimum Gasteiger partial charge on any atom is -0.459 e. The summed E-state index contributed by atoms with van der Waals surface area (Å²) in [6.07, 6.45) is 1.78. The number of nitrogens with zero attached hydrogens (tertiary/aromatic N) is 1. The van der Waals surface area contributed by atoms with Gasteiger partial charge in [-0.15, -0.1) is 0 Å². The van der Waals surface area contributed by atoms with E-state index in [1.54, 1.807) is 6.20 Å². The van der Waals surface area contributed by atoms with Gasteiger partial charge in [-0.25, -0.2) is 4.98 Å². The number of hydrogen-bond donors (Lipinski definition) is 2. The molecule has 4 nitrogen and oxygen atoms in total. The Morgan fingerprint density at radius 2 is 2.10 bits per heavy atom. The molecule has 0 aliphatic heterocycles. The molecule has 1 aromatic carbocycles. The Bertz CT molecular complexity index is 731.